The summed E-state index contributed by atoms with van der Waals surface area (Å²) in [6.07, 6.45) is 21.3. The molecule has 8 aromatic heterocycles. The average molecular weight is 1610 g/mol. The van der Waals surface area contributed by atoms with Crippen LogP contribution < -0.4 is 45.4 Å². The van der Waals surface area contributed by atoms with Crippen molar-refractivity contribution in [3.63, 3.8) is 0 Å². The molecule has 5 N–H and O–H groups in total. The number of nitrogens with zero attached hydrogens (tertiary/aromatic N) is 7. The van der Waals surface area contributed by atoms with Crippen LogP contribution in [0, 0.1) is 58.3 Å². The summed E-state index contributed by atoms with van der Waals surface area (Å²) in [6.45, 7) is 25.0. The molecule has 0 aromatic carbocycles. The van der Waals surface area contributed by atoms with Crippen molar-refractivity contribution >= 4 is 115 Å². The van der Waals surface area contributed by atoms with Crippen LogP contribution in [0.3, 0.4) is 0 Å². The van der Waals surface area contributed by atoms with Gasteiger partial charge in [0.2, 0.25) is 0 Å². The Balaban J connectivity index is 0.000000214. The SMILES string of the molecule is C1CCOC1.CC1CCC(c2cccs2)NC1.Cc1cncc(NC(=O)C(=O)N2C[C@@H](C)CC[C@@H]2c2cccs2)c1.Cc1cncc(NC(=O)C(=O)N2C[C@H](C)CC[C@H]2c2cccs2)c1.Cc1cncc(NC(=O)C(=O)N2C[C@H](C)CC[C@H]2c2cccs2)c1.Cc1cncc(NC(=O)C(=O)OCC(F)(F)F)c1.[CH2-]CCC.[Li+]. The Hall–Kier alpha value is -8.53. The summed E-state index contributed by atoms with van der Waals surface area (Å²) < 4.78 is 43.9. The molecule has 0 bridgehead atoms. The first-order valence-corrected chi connectivity index (χ1v) is 41.0. The van der Waals surface area contributed by atoms with E-state index in [9.17, 15) is 51.5 Å². The number of aromatic nitrogens is 4. The summed E-state index contributed by atoms with van der Waals surface area (Å²) in [5, 5.41) is 21.9. The maximum Gasteiger partial charge on any atom is 1.00 e. The fourth-order valence-corrected chi connectivity index (χ4v) is 16.0. The van der Waals surface area contributed by atoms with Crippen LogP contribution in [0.25, 0.3) is 0 Å². The van der Waals surface area contributed by atoms with Crippen LogP contribution in [0.4, 0.5) is 35.9 Å². The molecule has 0 aliphatic carbocycles. The smallest absolute Gasteiger partial charge is 0.449 e. The number of anilines is 4. The third kappa shape index (κ3) is 31.4. The maximum absolute atomic E-state index is 12.7. The number of likely N-dealkylation sites (tertiary alicyclic amines) is 3. The number of amides is 7. The van der Waals surface area contributed by atoms with Crippen molar-refractivity contribution in [3.05, 3.63) is 193 Å². The first-order valence-electron chi connectivity index (χ1n) is 37.5. The van der Waals surface area contributed by atoms with E-state index in [2.05, 4.69) is 110 Å². The molecule has 598 valence electrons. The van der Waals surface area contributed by atoms with Crippen molar-refractivity contribution in [1.82, 2.24) is 40.0 Å². The standard InChI is InChI=1S/3C18H21N3O2S.C10H9F3N2O3.C10H15NS.C4H8O.C4H9.Li/c3*1-12-5-6-15(16-4-3-7-24-16)21(11-12)18(23)17(22)20-14-8-13(2)9-19-10-14;1-6-2-7(4-14-3-6)15-8(16)9(17)18-5-10(11,12)13;1-8-4-5-9(11-7-8)10-3-2-6-12-10;1-2-4-5-3-1;1-3-4-2;/h3*3-4,7-10,12,15H,5-6,11H2,1-2H3,(H,20,22);2-4H,5H2,1H3,(H,15,16);2-3,6,8-9,11H,4-5,7H2,1H3;1-4H2;1,3-4H2,2H3;/q;;;;;;-1;+1/t3*12-,15+;;;;;/m110...../s1. The van der Waals surface area contributed by atoms with Gasteiger partial charge >= 0.3 is 72.4 Å². The van der Waals surface area contributed by atoms with Crippen LogP contribution in [-0.4, -0.2) is 134 Å². The van der Waals surface area contributed by atoms with E-state index >= 15 is 0 Å². The van der Waals surface area contributed by atoms with E-state index in [1.54, 1.807) is 111 Å². The molecule has 13 heterocycles. The number of hydrogen-bond acceptors (Lipinski definition) is 19. The second-order valence-corrected chi connectivity index (χ2v) is 32.3. The van der Waals surface area contributed by atoms with E-state index in [4.69, 9.17) is 4.74 Å². The van der Waals surface area contributed by atoms with Crippen LogP contribution in [-0.2, 0) is 47.8 Å². The molecule has 0 radical (unpaired) electrons. The molecular weight excluding hydrogens is 1510 g/mol. The van der Waals surface area contributed by atoms with Crippen LogP contribution in [0.2, 0.25) is 0 Å². The Morgan fingerprint density at radius 2 is 0.804 bits per heavy atom. The predicted octanol–water partition coefficient (Wildman–Crippen LogP) is 13.8. The van der Waals surface area contributed by atoms with Gasteiger partial charge in [-0.2, -0.15) is 19.6 Å². The Kier molecular flexibility index (Phi) is 39.5. The van der Waals surface area contributed by atoms with E-state index in [1.807, 2.05) is 84.6 Å². The summed E-state index contributed by atoms with van der Waals surface area (Å²) in [4.78, 5) is 123. The molecule has 0 saturated carbocycles. The van der Waals surface area contributed by atoms with E-state index in [0.29, 0.717) is 60.5 Å². The number of nitrogens with one attached hydrogen (secondary N) is 5. The van der Waals surface area contributed by atoms with Crippen LogP contribution in [0.5, 0.6) is 0 Å². The van der Waals surface area contributed by atoms with Gasteiger partial charge in [0.25, 0.3) is 0 Å². The second-order valence-electron chi connectivity index (χ2n) is 28.4. The van der Waals surface area contributed by atoms with Crippen LogP contribution in [0.15, 0.2) is 144 Å². The number of esters is 1. The number of aryl methyl sites for hydroxylation is 4. The van der Waals surface area contributed by atoms with Crippen LogP contribution >= 0.6 is 45.3 Å². The monoisotopic (exact) mass is 1610 g/mol. The molecule has 30 heteroatoms. The third-order valence-electron chi connectivity index (χ3n) is 18.2. The zero-order chi connectivity index (χ0) is 80.4. The molecule has 5 fully saturated rings. The third-order valence-corrected chi connectivity index (χ3v) is 22.2. The van der Waals surface area contributed by atoms with Crippen molar-refractivity contribution in [2.45, 2.75) is 170 Å². The number of thiophene rings is 4. The second kappa shape index (κ2) is 47.9. The van der Waals surface area contributed by atoms with E-state index in [1.165, 1.54) is 62.0 Å². The van der Waals surface area contributed by atoms with E-state index < -0.39 is 60.1 Å². The van der Waals surface area contributed by atoms with Gasteiger partial charge in [-0.25, -0.2) is 4.79 Å². The molecule has 22 nitrogen and oxygen atoms in total. The maximum atomic E-state index is 12.7. The molecular formula is C82H104F3LiN12O10S4. The Morgan fingerprint density at radius 3 is 1.06 bits per heavy atom. The van der Waals surface area contributed by atoms with Gasteiger partial charge < -0.3 is 57.7 Å². The zero-order valence-electron chi connectivity index (χ0n) is 65.6. The summed E-state index contributed by atoms with van der Waals surface area (Å²) in [5.41, 5.74) is 5.36. The number of alkyl halides is 3. The van der Waals surface area contributed by atoms with Crippen molar-refractivity contribution in [1.29, 1.82) is 0 Å². The minimum absolute atomic E-state index is 0. The fourth-order valence-electron chi connectivity index (χ4n) is 12.5. The van der Waals surface area contributed by atoms with Gasteiger partial charge in [0.15, 0.2) is 6.61 Å². The molecule has 5 saturated heterocycles. The first kappa shape index (κ1) is 92.3. The number of piperidine rings is 4. The quantitative estimate of drug-likeness (QED) is 0.0368. The molecule has 13 rings (SSSR count). The molecule has 5 aliphatic rings. The first-order chi connectivity index (χ1) is 53.2. The fraction of sp³-hybridized carbons (Fsp3) is 0.451. The Morgan fingerprint density at radius 1 is 0.491 bits per heavy atom. The molecule has 8 atom stereocenters. The Labute approximate surface area is 683 Å². The summed E-state index contributed by atoms with van der Waals surface area (Å²) in [7, 11) is 0. The zero-order valence-corrected chi connectivity index (χ0v) is 68.9. The van der Waals surface area contributed by atoms with Gasteiger partial charge in [0.1, 0.15) is 0 Å². The Bertz CT molecular complexity index is 3880. The summed E-state index contributed by atoms with van der Waals surface area (Å²) in [6, 6.07) is 24.0. The van der Waals surface area contributed by atoms with E-state index in [-0.39, 0.29) is 42.7 Å². The minimum atomic E-state index is -4.67. The van der Waals surface area contributed by atoms with Gasteiger partial charge in [0.05, 0.1) is 65.7 Å². The number of rotatable bonds is 10. The predicted molar refractivity (Wildman–Crippen MR) is 433 cm³/mol. The number of ether oxygens (including phenoxy) is 2. The van der Waals surface area contributed by atoms with Crippen molar-refractivity contribution in [3.8, 4) is 0 Å². The number of carbonyl (C=O) groups excluding carboxylic acids is 8. The van der Waals surface area contributed by atoms with Gasteiger partial charge in [-0.05, 0) is 214 Å². The number of halogens is 3. The van der Waals surface area contributed by atoms with E-state index in [0.717, 1.165) is 101 Å². The molecule has 0 spiro atoms. The molecule has 8 aromatic rings. The largest absolute Gasteiger partial charge is 1.00 e. The number of hydrogen-bond donors (Lipinski definition) is 5. The minimum Gasteiger partial charge on any atom is -0.449 e. The summed E-state index contributed by atoms with van der Waals surface area (Å²) in [5.74, 6) is -4.03. The van der Waals surface area contributed by atoms with Crippen LogP contribution in [0.1, 0.15) is 178 Å². The van der Waals surface area contributed by atoms with Gasteiger partial charge in [-0.1, -0.05) is 65.3 Å². The molecule has 7 amide bonds. The van der Waals surface area contributed by atoms with Crippen molar-refractivity contribution in [2.75, 3.05) is 67.3 Å². The van der Waals surface area contributed by atoms with Crippen molar-refractivity contribution in [2.24, 2.45) is 23.7 Å². The number of unbranched alkanes of at least 4 members (excludes halogenated alkanes) is 1. The van der Waals surface area contributed by atoms with Crippen molar-refractivity contribution < 1.29 is 79.9 Å². The molecule has 2 unspecified atom stereocenters. The topological polar surface area (TPSA) is 276 Å². The number of pyridine rings is 4. The number of carbonyl (C=O) groups is 8. The molecule has 5 aliphatic heterocycles. The normalized spacial score (nSPS) is 19.6. The summed E-state index contributed by atoms with van der Waals surface area (Å²) >= 11 is 6.77. The van der Waals surface area contributed by atoms with Gasteiger partial charge in [0, 0.05) is 83.2 Å². The molecule has 112 heavy (non-hydrogen) atoms. The average Bonchev–Trinajstić information content (AvgIpc) is 1.31. The van der Waals surface area contributed by atoms with Gasteiger partial charge in [-0.15, -0.1) is 45.3 Å². The van der Waals surface area contributed by atoms with Gasteiger partial charge in [-0.3, -0.25) is 53.5 Å².